The Morgan fingerprint density at radius 2 is 1.93 bits per heavy atom. The first-order chi connectivity index (χ1) is 13.5. The van der Waals surface area contributed by atoms with Crippen LogP contribution < -0.4 is 10.2 Å². The van der Waals surface area contributed by atoms with Gasteiger partial charge in [-0.25, -0.2) is 4.39 Å². The standard InChI is InChI=1S/C22H18ClFO4/c1-12-19(20-16(23)7-4-8-17(20)24)21(25)15-10-9-14(11-18(15)27-12)28-22(26)13-5-2-3-6-13/h4,7-11,13H,2-3,5-6H2,1H3. The van der Waals surface area contributed by atoms with Crippen LogP contribution in [0, 0.1) is 18.7 Å². The number of hydrogen-bond acceptors (Lipinski definition) is 4. The topological polar surface area (TPSA) is 56.5 Å². The van der Waals surface area contributed by atoms with Gasteiger partial charge in [-0.15, -0.1) is 0 Å². The van der Waals surface area contributed by atoms with E-state index in [0.717, 1.165) is 25.7 Å². The van der Waals surface area contributed by atoms with E-state index >= 15 is 0 Å². The molecule has 3 aromatic rings. The van der Waals surface area contributed by atoms with E-state index in [4.69, 9.17) is 20.8 Å². The highest BCUT2D eigenvalue weighted by molar-refractivity contribution is 6.33. The summed E-state index contributed by atoms with van der Waals surface area (Å²) in [6, 6.07) is 8.84. The van der Waals surface area contributed by atoms with Crippen molar-refractivity contribution in [3.8, 4) is 16.9 Å². The summed E-state index contributed by atoms with van der Waals surface area (Å²) in [5.74, 6) is -0.363. The molecule has 4 nitrogen and oxygen atoms in total. The number of carbonyl (C=O) groups excluding carboxylic acids is 1. The molecule has 0 amide bonds. The lowest BCUT2D eigenvalue weighted by Gasteiger charge is -2.12. The van der Waals surface area contributed by atoms with Gasteiger partial charge in [0.05, 0.1) is 21.9 Å². The van der Waals surface area contributed by atoms with Gasteiger partial charge in [-0.05, 0) is 44.0 Å². The van der Waals surface area contributed by atoms with Crippen molar-refractivity contribution in [3.05, 3.63) is 63.2 Å². The fourth-order valence-corrected chi connectivity index (χ4v) is 3.99. The zero-order valence-electron chi connectivity index (χ0n) is 15.3. The van der Waals surface area contributed by atoms with Crippen LogP contribution >= 0.6 is 11.6 Å². The molecule has 1 saturated carbocycles. The third kappa shape index (κ3) is 3.31. The minimum atomic E-state index is -0.593. The van der Waals surface area contributed by atoms with E-state index in [2.05, 4.69) is 0 Å². The van der Waals surface area contributed by atoms with Crippen molar-refractivity contribution in [2.75, 3.05) is 0 Å². The van der Waals surface area contributed by atoms with Gasteiger partial charge >= 0.3 is 5.97 Å². The molecule has 28 heavy (non-hydrogen) atoms. The van der Waals surface area contributed by atoms with Gasteiger partial charge in [-0.2, -0.15) is 0 Å². The normalized spacial score (nSPS) is 14.5. The molecule has 1 aliphatic rings. The Morgan fingerprint density at radius 1 is 1.18 bits per heavy atom. The highest BCUT2D eigenvalue weighted by Crippen LogP contribution is 2.33. The molecule has 1 aromatic heterocycles. The molecule has 0 N–H and O–H groups in total. The lowest BCUT2D eigenvalue weighted by atomic mass is 10.0. The van der Waals surface area contributed by atoms with E-state index in [1.807, 2.05) is 0 Å². The Kier molecular flexibility index (Phi) is 4.94. The second kappa shape index (κ2) is 7.40. The van der Waals surface area contributed by atoms with Crippen LogP contribution in [0.4, 0.5) is 4.39 Å². The second-order valence-corrected chi connectivity index (χ2v) is 7.43. The molecule has 0 spiro atoms. The van der Waals surface area contributed by atoms with Gasteiger partial charge < -0.3 is 9.15 Å². The average molecular weight is 401 g/mol. The first-order valence-corrected chi connectivity index (χ1v) is 9.57. The number of fused-ring (bicyclic) bond motifs is 1. The van der Waals surface area contributed by atoms with Gasteiger partial charge in [0, 0.05) is 11.6 Å². The first-order valence-electron chi connectivity index (χ1n) is 9.19. The van der Waals surface area contributed by atoms with Crippen LogP contribution in [0.5, 0.6) is 5.75 Å². The smallest absolute Gasteiger partial charge is 0.314 e. The summed E-state index contributed by atoms with van der Waals surface area (Å²) in [7, 11) is 0. The number of hydrogen-bond donors (Lipinski definition) is 0. The monoisotopic (exact) mass is 400 g/mol. The maximum absolute atomic E-state index is 14.3. The molecule has 4 rings (SSSR count). The minimum absolute atomic E-state index is 0.0223. The van der Waals surface area contributed by atoms with E-state index in [1.165, 1.54) is 30.3 Å². The van der Waals surface area contributed by atoms with Gasteiger partial charge in [-0.3, -0.25) is 9.59 Å². The zero-order chi connectivity index (χ0) is 19.8. The average Bonchev–Trinajstić information content (AvgIpc) is 3.18. The van der Waals surface area contributed by atoms with Crippen molar-refractivity contribution >= 4 is 28.5 Å². The Morgan fingerprint density at radius 3 is 2.64 bits per heavy atom. The highest BCUT2D eigenvalue weighted by Gasteiger charge is 2.25. The van der Waals surface area contributed by atoms with Gasteiger partial charge in [0.1, 0.15) is 22.9 Å². The lowest BCUT2D eigenvalue weighted by Crippen LogP contribution is -2.17. The lowest BCUT2D eigenvalue weighted by molar-refractivity contribution is -0.138. The van der Waals surface area contributed by atoms with Gasteiger partial charge in [0.15, 0.2) is 0 Å². The van der Waals surface area contributed by atoms with Crippen molar-refractivity contribution in [2.45, 2.75) is 32.6 Å². The Balaban J connectivity index is 1.76. The van der Waals surface area contributed by atoms with E-state index in [-0.39, 0.29) is 50.2 Å². The summed E-state index contributed by atoms with van der Waals surface area (Å²) in [5.41, 5.74) is -0.00444. The van der Waals surface area contributed by atoms with Crippen molar-refractivity contribution in [3.63, 3.8) is 0 Å². The number of carbonyl (C=O) groups is 1. The van der Waals surface area contributed by atoms with Gasteiger partial charge in [-0.1, -0.05) is 30.5 Å². The van der Waals surface area contributed by atoms with Crippen LogP contribution in [0.25, 0.3) is 22.1 Å². The molecule has 0 radical (unpaired) electrons. The van der Waals surface area contributed by atoms with E-state index in [1.54, 1.807) is 13.0 Å². The third-order valence-electron chi connectivity index (χ3n) is 5.16. The van der Waals surface area contributed by atoms with E-state index in [0.29, 0.717) is 5.75 Å². The van der Waals surface area contributed by atoms with Crippen molar-refractivity contribution in [1.29, 1.82) is 0 Å². The largest absolute Gasteiger partial charge is 0.460 e. The van der Waals surface area contributed by atoms with Crippen LogP contribution in [-0.2, 0) is 4.79 Å². The molecular formula is C22H18ClFO4. The number of ether oxygens (including phenoxy) is 1. The number of halogens is 2. The van der Waals surface area contributed by atoms with Crippen molar-refractivity contribution < 1.29 is 18.3 Å². The van der Waals surface area contributed by atoms with Crippen molar-refractivity contribution in [1.82, 2.24) is 0 Å². The molecule has 6 heteroatoms. The number of esters is 1. The molecule has 144 valence electrons. The fraction of sp³-hybridized carbons (Fsp3) is 0.273. The SMILES string of the molecule is Cc1oc2cc(OC(=O)C3CCCC3)ccc2c(=O)c1-c1c(F)cccc1Cl. The predicted molar refractivity (Wildman–Crippen MR) is 105 cm³/mol. The quantitative estimate of drug-likeness (QED) is 0.420. The third-order valence-corrected chi connectivity index (χ3v) is 5.47. The Labute approximate surface area is 165 Å². The number of aryl methyl sites for hydroxylation is 1. The number of rotatable bonds is 3. The van der Waals surface area contributed by atoms with Gasteiger partial charge in [0.25, 0.3) is 0 Å². The molecule has 1 fully saturated rings. The summed E-state index contributed by atoms with van der Waals surface area (Å²) >= 11 is 6.13. The summed E-state index contributed by atoms with van der Waals surface area (Å²) in [4.78, 5) is 25.2. The Bertz CT molecular complexity index is 1110. The van der Waals surface area contributed by atoms with E-state index < -0.39 is 5.82 Å². The predicted octanol–water partition coefficient (Wildman–Crippen LogP) is 5.66. The Hall–Kier alpha value is -2.66. The van der Waals surface area contributed by atoms with Crippen molar-refractivity contribution in [2.24, 2.45) is 5.92 Å². The minimum Gasteiger partial charge on any atom is -0.460 e. The molecule has 2 aromatic carbocycles. The second-order valence-electron chi connectivity index (χ2n) is 7.02. The molecule has 1 heterocycles. The van der Waals surface area contributed by atoms with Gasteiger partial charge in [0.2, 0.25) is 5.43 Å². The summed E-state index contributed by atoms with van der Waals surface area (Å²) in [6.07, 6.45) is 3.75. The summed E-state index contributed by atoms with van der Waals surface area (Å²) in [6.45, 7) is 1.58. The fourth-order valence-electron chi connectivity index (χ4n) is 3.74. The number of benzene rings is 2. The maximum atomic E-state index is 14.3. The molecule has 1 aliphatic carbocycles. The first kappa shape index (κ1) is 18.7. The van der Waals surface area contributed by atoms with Crippen LogP contribution in [0.1, 0.15) is 31.4 Å². The van der Waals surface area contributed by atoms with E-state index in [9.17, 15) is 14.0 Å². The van der Waals surface area contributed by atoms with Crippen LogP contribution in [0.2, 0.25) is 5.02 Å². The molecule has 0 aliphatic heterocycles. The molecule has 0 atom stereocenters. The molecule has 0 bridgehead atoms. The highest BCUT2D eigenvalue weighted by atomic mass is 35.5. The molecule has 0 saturated heterocycles. The summed E-state index contributed by atoms with van der Waals surface area (Å²) in [5, 5.41) is 0.400. The van der Waals surface area contributed by atoms with Crippen LogP contribution in [0.3, 0.4) is 0 Å². The maximum Gasteiger partial charge on any atom is 0.314 e. The molecule has 0 unspecified atom stereocenters. The zero-order valence-corrected chi connectivity index (χ0v) is 16.0. The summed E-state index contributed by atoms with van der Waals surface area (Å²) < 4.78 is 25.6. The van der Waals surface area contributed by atoms with Crippen LogP contribution in [-0.4, -0.2) is 5.97 Å². The van der Waals surface area contributed by atoms with Crippen LogP contribution in [0.15, 0.2) is 45.6 Å². The molecular weight excluding hydrogens is 383 g/mol.